The van der Waals surface area contributed by atoms with E-state index in [4.69, 9.17) is 11.6 Å². The molecule has 0 bridgehead atoms. The summed E-state index contributed by atoms with van der Waals surface area (Å²) >= 11 is 6.21. The van der Waals surface area contributed by atoms with Crippen molar-refractivity contribution in [3.8, 4) is 0 Å². The van der Waals surface area contributed by atoms with Gasteiger partial charge in [-0.2, -0.15) is 0 Å². The molecular weight excluding hydrogens is 406 g/mol. The number of nitrogens with zero attached hydrogens (tertiary/aromatic N) is 1. The lowest BCUT2D eigenvalue weighted by Gasteiger charge is -2.31. The summed E-state index contributed by atoms with van der Waals surface area (Å²) in [5, 5.41) is 16.5. The van der Waals surface area contributed by atoms with Crippen molar-refractivity contribution in [2.24, 2.45) is 0 Å². The minimum absolute atomic E-state index is 0.240. The largest absolute Gasteiger partial charge is 0.374 e. The topological polar surface area (TPSA) is 98.7 Å². The fourth-order valence-corrected chi connectivity index (χ4v) is 4.36. The van der Waals surface area contributed by atoms with E-state index >= 15 is 0 Å². The average molecular weight is 428 g/mol. The Balaban J connectivity index is 1.49. The van der Waals surface area contributed by atoms with Gasteiger partial charge in [-0.05, 0) is 48.2 Å². The molecule has 156 valence electrons. The first-order valence-corrected chi connectivity index (χ1v) is 10.2. The summed E-state index contributed by atoms with van der Waals surface area (Å²) in [5.74, 6) is -0.946. The molecule has 2 unspecified atom stereocenters. The van der Waals surface area contributed by atoms with Crippen LogP contribution in [0.4, 0.5) is 0 Å². The zero-order valence-electron chi connectivity index (χ0n) is 16.4. The van der Waals surface area contributed by atoms with Gasteiger partial charge in [0.25, 0.3) is 5.91 Å². The number of aliphatic hydroxyl groups excluding tert-OH is 1. The van der Waals surface area contributed by atoms with Crippen LogP contribution in [0.25, 0.3) is 0 Å². The van der Waals surface area contributed by atoms with Crippen molar-refractivity contribution in [3.05, 3.63) is 69.7 Å². The Labute approximate surface area is 179 Å². The van der Waals surface area contributed by atoms with E-state index in [9.17, 15) is 19.5 Å². The summed E-state index contributed by atoms with van der Waals surface area (Å²) in [6, 6.07) is 11.6. The maximum absolute atomic E-state index is 12.8. The Hall–Kier alpha value is -2.74. The van der Waals surface area contributed by atoms with Gasteiger partial charge in [-0.3, -0.25) is 24.6 Å². The molecule has 0 aliphatic carbocycles. The third-order valence-corrected chi connectivity index (χ3v) is 6.02. The lowest BCUT2D eigenvalue weighted by molar-refractivity contribution is -0.141. The van der Waals surface area contributed by atoms with E-state index in [2.05, 4.69) is 10.6 Å². The molecule has 2 aromatic rings. The number of carbonyl (C=O) groups is 3. The van der Waals surface area contributed by atoms with Crippen molar-refractivity contribution in [2.45, 2.75) is 44.6 Å². The first-order chi connectivity index (χ1) is 14.3. The van der Waals surface area contributed by atoms with Gasteiger partial charge in [-0.15, -0.1) is 0 Å². The van der Waals surface area contributed by atoms with Crippen molar-refractivity contribution < 1.29 is 19.5 Å². The van der Waals surface area contributed by atoms with Gasteiger partial charge in [0.05, 0.1) is 12.1 Å². The van der Waals surface area contributed by atoms with E-state index in [0.717, 1.165) is 11.1 Å². The molecule has 30 heavy (non-hydrogen) atoms. The van der Waals surface area contributed by atoms with Gasteiger partial charge in [0, 0.05) is 23.6 Å². The van der Waals surface area contributed by atoms with Gasteiger partial charge in [-0.1, -0.05) is 35.9 Å². The molecule has 0 radical (unpaired) electrons. The predicted octanol–water partition coefficient (Wildman–Crippen LogP) is 2.44. The second-order valence-electron chi connectivity index (χ2n) is 7.64. The Bertz CT molecular complexity index is 1030. The second-order valence-corrected chi connectivity index (χ2v) is 8.05. The van der Waals surface area contributed by atoms with E-state index in [1.165, 1.54) is 0 Å². The van der Waals surface area contributed by atoms with Gasteiger partial charge in [-0.25, -0.2) is 0 Å². The highest BCUT2D eigenvalue weighted by Gasteiger charge is 2.39. The molecule has 2 aliphatic heterocycles. The summed E-state index contributed by atoms with van der Waals surface area (Å²) in [6.07, 6.45) is -0.356. The SMILES string of the molecule is C[C@H](NC(=O)c1ccc2c(c1)CN(C1CCC(=O)NC1=O)C2O)c1ccccc1Cl. The summed E-state index contributed by atoms with van der Waals surface area (Å²) in [5.41, 5.74) is 2.73. The summed E-state index contributed by atoms with van der Waals surface area (Å²) < 4.78 is 0. The molecule has 3 N–H and O–H groups in total. The number of carbonyl (C=O) groups excluding carboxylic acids is 3. The molecule has 4 rings (SSSR count). The Morgan fingerprint density at radius 1 is 1.27 bits per heavy atom. The third-order valence-electron chi connectivity index (χ3n) is 5.68. The Morgan fingerprint density at radius 2 is 2.03 bits per heavy atom. The van der Waals surface area contributed by atoms with Crippen LogP contribution in [0.2, 0.25) is 5.02 Å². The number of benzene rings is 2. The van der Waals surface area contributed by atoms with Crippen LogP contribution in [0.15, 0.2) is 42.5 Å². The first kappa shape index (κ1) is 20.5. The lowest BCUT2D eigenvalue weighted by atomic mass is 10.0. The zero-order valence-corrected chi connectivity index (χ0v) is 17.1. The number of hydrogen-bond acceptors (Lipinski definition) is 5. The fraction of sp³-hybridized carbons (Fsp3) is 0.318. The highest BCUT2D eigenvalue weighted by Crippen LogP contribution is 2.35. The van der Waals surface area contributed by atoms with Crippen molar-refractivity contribution >= 4 is 29.3 Å². The van der Waals surface area contributed by atoms with Crippen LogP contribution < -0.4 is 10.6 Å². The van der Waals surface area contributed by atoms with E-state index in [0.29, 0.717) is 29.1 Å². The second kappa shape index (κ2) is 8.18. The zero-order chi connectivity index (χ0) is 21.4. The van der Waals surface area contributed by atoms with E-state index < -0.39 is 18.2 Å². The van der Waals surface area contributed by atoms with Crippen LogP contribution >= 0.6 is 11.6 Å². The molecule has 7 nitrogen and oxygen atoms in total. The van der Waals surface area contributed by atoms with Crippen LogP contribution in [-0.2, 0) is 16.1 Å². The van der Waals surface area contributed by atoms with Gasteiger partial charge in [0.15, 0.2) is 0 Å². The first-order valence-electron chi connectivity index (χ1n) is 9.80. The number of rotatable bonds is 4. The number of fused-ring (bicyclic) bond motifs is 1. The number of halogens is 1. The average Bonchev–Trinajstić information content (AvgIpc) is 3.04. The third kappa shape index (κ3) is 3.84. The molecule has 1 saturated heterocycles. The standard InChI is InChI=1S/C22H22ClN3O4/c1-12(15-4-2-3-5-17(15)23)24-20(28)13-6-7-16-14(10-13)11-26(22(16)30)18-8-9-19(27)25-21(18)29/h2-7,10,12,18,22,30H,8-9,11H2,1H3,(H,24,28)(H,25,27,29)/t12-,18?,22?/m0/s1. The highest BCUT2D eigenvalue weighted by atomic mass is 35.5. The van der Waals surface area contributed by atoms with Crippen molar-refractivity contribution in [3.63, 3.8) is 0 Å². The van der Waals surface area contributed by atoms with E-state index in [-0.39, 0.29) is 24.3 Å². The molecule has 3 atom stereocenters. The van der Waals surface area contributed by atoms with Gasteiger partial charge >= 0.3 is 0 Å². The van der Waals surface area contributed by atoms with E-state index in [1.54, 1.807) is 29.2 Å². The van der Waals surface area contributed by atoms with Crippen LogP contribution in [0.3, 0.4) is 0 Å². The molecule has 0 saturated carbocycles. The molecule has 2 aliphatic rings. The van der Waals surface area contributed by atoms with Crippen LogP contribution in [0.1, 0.15) is 59.1 Å². The van der Waals surface area contributed by atoms with Gasteiger partial charge in [0.2, 0.25) is 11.8 Å². The van der Waals surface area contributed by atoms with Crippen molar-refractivity contribution in [1.82, 2.24) is 15.5 Å². The smallest absolute Gasteiger partial charge is 0.251 e. The number of piperidine rings is 1. The highest BCUT2D eigenvalue weighted by molar-refractivity contribution is 6.31. The van der Waals surface area contributed by atoms with Crippen LogP contribution in [0, 0.1) is 0 Å². The fourth-order valence-electron chi connectivity index (χ4n) is 4.06. The maximum Gasteiger partial charge on any atom is 0.251 e. The molecule has 1 fully saturated rings. The summed E-state index contributed by atoms with van der Waals surface area (Å²) in [4.78, 5) is 38.0. The molecule has 2 aromatic carbocycles. The Kier molecular flexibility index (Phi) is 5.60. The molecule has 8 heteroatoms. The number of aliphatic hydroxyl groups is 1. The van der Waals surface area contributed by atoms with Crippen molar-refractivity contribution in [2.75, 3.05) is 0 Å². The summed E-state index contributed by atoms with van der Waals surface area (Å²) in [7, 11) is 0. The van der Waals surface area contributed by atoms with E-state index in [1.807, 2.05) is 25.1 Å². The minimum atomic E-state index is -0.955. The minimum Gasteiger partial charge on any atom is -0.374 e. The van der Waals surface area contributed by atoms with Gasteiger partial charge < -0.3 is 10.4 Å². The predicted molar refractivity (Wildman–Crippen MR) is 110 cm³/mol. The molecule has 2 heterocycles. The lowest BCUT2D eigenvalue weighted by Crippen LogP contribution is -2.51. The monoisotopic (exact) mass is 427 g/mol. The Morgan fingerprint density at radius 3 is 2.77 bits per heavy atom. The molecule has 0 aromatic heterocycles. The number of hydrogen-bond donors (Lipinski definition) is 3. The van der Waals surface area contributed by atoms with Crippen molar-refractivity contribution in [1.29, 1.82) is 0 Å². The number of imide groups is 1. The molecule has 3 amide bonds. The number of nitrogens with one attached hydrogen (secondary N) is 2. The van der Waals surface area contributed by atoms with Crippen LogP contribution in [-0.4, -0.2) is 33.8 Å². The maximum atomic E-state index is 12.8. The molecule has 0 spiro atoms. The normalized spacial score (nSPS) is 22.4. The number of amides is 3. The molecular formula is C22H22ClN3O4. The summed E-state index contributed by atoms with van der Waals surface area (Å²) in [6.45, 7) is 2.19. The quantitative estimate of drug-likeness (QED) is 0.651. The van der Waals surface area contributed by atoms with Crippen LogP contribution in [0.5, 0.6) is 0 Å². The van der Waals surface area contributed by atoms with Gasteiger partial charge in [0.1, 0.15) is 6.23 Å².